The van der Waals surface area contributed by atoms with Crippen LogP contribution in [0.15, 0.2) is 24.4 Å². The van der Waals surface area contributed by atoms with Gasteiger partial charge < -0.3 is 10.6 Å². The molecule has 2 aliphatic rings. The average molecular weight is 369 g/mol. The Hall–Kier alpha value is -2.46. The molecule has 2 fully saturated rings. The van der Waals surface area contributed by atoms with E-state index < -0.39 is 0 Å². The SMILES string of the molecule is [C-]#[N+][C@@H]1CCCN1C(=O)CNC1CCC(C(=O)NCc2ccccn2)CC1. The maximum Gasteiger partial charge on any atom is 0.300 e. The lowest BCUT2D eigenvalue weighted by atomic mass is 9.85. The van der Waals surface area contributed by atoms with Gasteiger partial charge in [0.15, 0.2) is 0 Å². The van der Waals surface area contributed by atoms with E-state index in [2.05, 4.69) is 20.5 Å². The number of hydrogen-bond acceptors (Lipinski definition) is 4. The minimum Gasteiger partial charge on any atom is -0.350 e. The van der Waals surface area contributed by atoms with Gasteiger partial charge in [0.25, 0.3) is 0 Å². The van der Waals surface area contributed by atoms with E-state index in [0.717, 1.165) is 44.2 Å². The summed E-state index contributed by atoms with van der Waals surface area (Å²) in [7, 11) is 0. The quantitative estimate of drug-likeness (QED) is 0.749. The number of pyridine rings is 1. The lowest BCUT2D eigenvalue weighted by molar-refractivity contribution is -0.131. The largest absolute Gasteiger partial charge is 0.350 e. The molecular weight excluding hydrogens is 342 g/mol. The number of rotatable bonds is 6. The van der Waals surface area contributed by atoms with E-state index >= 15 is 0 Å². The number of carbonyl (C=O) groups excluding carboxylic acids is 2. The zero-order valence-electron chi connectivity index (χ0n) is 15.6. The van der Waals surface area contributed by atoms with Gasteiger partial charge in [-0.1, -0.05) is 6.07 Å². The van der Waals surface area contributed by atoms with E-state index in [1.54, 1.807) is 11.1 Å². The van der Waals surface area contributed by atoms with Crippen LogP contribution in [0.3, 0.4) is 0 Å². The van der Waals surface area contributed by atoms with E-state index in [1.807, 2.05) is 18.2 Å². The first-order valence-corrected chi connectivity index (χ1v) is 9.74. The monoisotopic (exact) mass is 369 g/mol. The normalized spacial score (nSPS) is 25.0. The van der Waals surface area contributed by atoms with E-state index in [9.17, 15) is 9.59 Å². The van der Waals surface area contributed by atoms with Gasteiger partial charge in [-0.25, -0.2) is 6.57 Å². The summed E-state index contributed by atoms with van der Waals surface area (Å²) in [6.07, 6.45) is 6.58. The molecule has 0 radical (unpaired) electrons. The second-order valence-corrected chi connectivity index (χ2v) is 7.31. The minimum atomic E-state index is -0.280. The molecule has 7 nitrogen and oxygen atoms in total. The molecule has 7 heteroatoms. The van der Waals surface area contributed by atoms with Crippen molar-refractivity contribution in [1.82, 2.24) is 20.5 Å². The Kier molecular flexibility index (Phi) is 6.77. The summed E-state index contributed by atoms with van der Waals surface area (Å²) in [5.41, 5.74) is 0.861. The van der Waals surface area contributed by atoms with Crippen molar-refractivity contribution in [3.05, 3.63) is 41.5 Å². The molecule has 0 bridgehead atoms. The Morgan fingerprint density at radius 1 is 1.22 bits per heavy atom. The van der Waals surface area contributed by atoms with Crippen LogP contribution >= 0.6 is 0 Å². The van der Waals surface area contributed by atoms with Crippen molar-refractivity contribution in [2.75, 3.05) is 13.1 Å². The standard InChI is InChI=1S/C20H27N5O2/c1-21-18-6-4-12-25(18)19(26)14-23-16-9-7-15(8-10-16)20(27)24-13-17-5-2-3-11-22-17/h2-3,5,11,15-16,18,23H,4,6-10,12-14H2,(H,24,27)/t15?,16?,18-/m0/s1. The van der Waals surface area contributed by atoms with Crippen LogP contribution in [-0.2, 0) is 16.1 Å². The van der Waals surface area contributed by atoms with Gasteiger partial charge in [0.1, 0.15) is 0 Å². The fourth-order valence-electron chi connectivity index (χ4n) is 3.89. The summed E-state index contributed by atoms with van der Waals surface area (Å²) < 4.78 is 0. The average Bonchev–Trinajstić information content (AvgIpc) is 3.20. The number of nitrogens with zero attached hydrogens (tertiary/aromatic N) is 3. The molecule has 1 aromatic heterocycles. The molecule has 1 aromatic rings. The lowest BCUT2D eigenvalue weighted by Crippen LogP contribution is -2.44. The molecule has 2 amide bonds. The van der Waals surface area contributed by atoms with Crippen LogP contribution in [0.4, 0.5) is 0 Å². The molecule has 1 saturated heterocycles. The van der Waals surface area contributed by atoms with Gasteiger partial charge >= 0.3 is 6.17 Å². The third-order valence-electron chi connectivity index (χ3n) is 5.50. The van der Waals surface area contributed by atoms with Crippen molar-refractivity contribution in [1.29, 1.82) is 0 Å². The first kappa shape index (κ1) is 19.3. The number of carbonyl (C=O) groups is 2. The second kappa shape index (κ2) is 9.47. The Balaban J connectivity index is 1.35. The van der Waals surface area contributed by atoms with Crippen molar-refractivity contribution in [2.24, 2.45) is 5.92 Å². The molecular formula is C20H27N5O2. The van der Waals surface area contributed by atoms with Crippen molar-refractivity contribution >= 4 is 11.8 Å². The van der Waals surface area contributed by atoms with Crippen molar-refractivity contribution in [2.45, 2.75) is 57.3 Å². The van der Waals surface area contributed by atoms with Crippen molar-refractivity contribution in [3.8, 4) is 0 Å². The fourth-order valence-corrected chi connectivity index (χ4v) is 3.89. The van der Waals surface area contributed by atoms with Crippen LogP contribution < -0.4 is 10.6 Å². The number of hydrogen-bond donors (Lipinski definition) is 2. The summed E-state index contributed by atoms with van der Waals surface area (Å²) in [5.74, 6) is 0.142. The number of aromatic nitrogens is 1. The molecule has 0 aromatic carbocycles. The number of nitrogens with one attached hydrogen (secondary N) is 2. The second-order valence-electron chi connectivity index (χ2n) is 7.31. The van der Waals surface area contributed by atoms with Crippen LogP contribution in [0.1, 0.15) is 44.2 Å². The van der Waals surface area contributed by atoms with E-state index in [1.165, 1.54) is 0 Å². The van der Waals surface area contributed by atoms with Gasteiger partial charge in [0.05, 0.1) is 18.8 Å². The van der Waals surface area contributed by atoms with Crippen LogP contribution in [0, 0.1) is 12.5 Å². The zero-order chi connectivity index (χ0) is 19.1. The molecule has 0 spiro atoms. The summed E-state index contributed by atoms with van der Waals surface area (Å²) >= 11 is 0. The van der Waals surface area contributed by atoms with Gasteiger partial charge in [-0.05, 0) is 44.2 Å². The first-order valence-electron chi connectivity index (χ1n) is 9.74. The Bertz CT molecular complexity index is 679. The molecule has 144 valence electrons. The van der Waals surface area contributed by atoms with Crippen LogP contribution in [0.2, 0.25) is 0 Å². The van der Waals surface area contributed by atoms with Gasteiger partial charge in [-0.3, -0.25) is 24.3 Å². The first-order chi connectivity index (χ1) is 13.2. The smallest absolute Gasteiger partial charge is 0.300 e. The zero-order valence-corrected chi connectivity index (χ0v) is 15.6. The highest BCUT2D eigenvalue weighted by Crippen LogP contribution is 2.25. The molecule has 1 saturated carbocycles. The lowest BCUT2D eigenvalue weighted by Gasteiger charge is -2.29. The highest BCUT2D eigenvalue weighted by atomic mass is 16.2. The van der Waals surface area contributed by atoms with Crippen molar-refractivity contribution in [3.63, 3.8) is 0 Å². The highest BCUT2D eigenvalue weighted by Gasteiger charge is 2.33. The molecule has 3 rings (SSSR count). The van der Waals surface area contributed by atoms with Gasteiger partial charge in [0.2, 0.25) is 11.8 Å². The Labute approximate surface area is 160 Å². The summed E-state index contributed by atoms with van der Waals surface area (Å²) in [6, 6.07) is 5.94. The number of amides is 2. The van der Waals surface area contributed by atoms with E-state index in [4.69, 9.17) is 6.57 Å². The molecule has 0 unspecified atom stereocenters. The molecule has 27 heavy (non-hydrogen) atoms. The minimum absolute atomic E-state index is 0.0173. The molecule has 1 aliphatic carbocycles. The molecule has 1 aliphatic heterocycles. The fraction of sp³-hybridized carbons (Fsp3) is 0.600. The van der Waals surface area contributed by atoms with Crippen LogP contribution in [0.5, 0.6) is 0 Å². The highest BCUT2D eigenvalue weighted by molar-refractivity contribution is 5.79. The predicted molar refractivity (Wildman–Crippen MR) is 101 cm³/mol. The molecule has 2 N–H and O–H groups in total. The topological polar surface area (TPSA) is 78.7 Å². The van der Waals surface area contributed by atoms with Gasteiger partial charge in [-0.2, -0.15) is 0 Å². The van der Waals surface area contributed by atoms with Crippen molar-refractivity contribution < 1.29 is 9.59 Å². The van der Waals surface area contributed by atoms with Gasteiger partial charge in [-0.15, -0.1) is 0 Å². The summed E-state index contributed by atoms with van der Waals surface area (Å²) in [5, 5.41) is 6.30. The van der Waals surface area contributed by atoms with Crippen LogP contribution in [-0.4, -0.2) is 47.0 Å². The summed E-state index contributed by atoms with van der Waals surface area (Å²) in [4.78, 5) is 34.1. The van der Waals surface area contributed by atoms with E-state index in [0.29, 0.717) is 13.1 Å². The maximum atomic E-state index is 12.3. The summed E-state index contributed by atoms with van der Waals surface area (Å²) in [6.45, 7) is 8.61. The Morgan fingerprint density at radius 2 is 2.04 bits per heavy atom. The molecule has 1 atom stereocenters. The maximum absolute atomic E-state index is 12.3. The Morgan fingerprint density at radius 3 is 2.74 bits per heavy atom. The third-order valence-corrected chi connectivity index (χ3v) is 5.50. The molecule has 2 heterocycles. The third kappa shape index (κ3) is 5.27. The van der Waals surface area contributed by atoms with Gasteiger partial charge in [0, 0.05) is 31.1 Å². The van der Waals surface area contributed by atoms with Crippen LogP contribution in [0.25, 0.3) is 4.85 Å². The predicted octanol–water partition coefficient (Wildman–Crippen LogP) is 1.71. The van der Waals surface area contributed by atoms with E-state index in [-0.39, 0.29) is 36.5 Å². The number of likely N-dealkylation sites (tertiary alicyclic amines) is 1.